The van der Waals surface area contributed by atoms with E-state index in [1.165, 1.54) is 14.2 Å². The first-order valence-electron chi connectivity index (χ1n) is 6.92. The topological polar surface area (TPSA) is 114 Å². The van der Waals surface area contributed by atoms with Gasteiger partial charge in [-0.15, -0.1) is 9.97 Å². The summed E-state index contributed by atoms with van der Waals surface area (Å²) in [5.41, 5.74) is 0. The number of nitrogens with zero attached hydrogens (tertiary/aromatic N) is 6. The molecular formula is C14H10Cl2N6O4. The molecule has 0 aliphatic carbocycles. The number of hydrogen-bond acceptors (Lipinski definition) is 10. The molecular weight excluding hydrogens is 387 g/mol. The van der Waals surface area contributed by atoms with Gasteiger partial charge >= 0.3 is 24.0 Å². The molecule has 0 unspecified atom stereocenters. The molecule has 3 aromatic rings. The molecule has 26 heavy (non-hydrogen) atoms. The Morgan fingerprint density at radius 3 is 1.50 bits per heavy atom. The molecule has 0 bridgehead atoms. The minimum absolute atomic E-state index is 0.0272. The minimum Gasteiger partial charge on any atom is -0.467 e. The van der Waals surface area contributed by atoms with Crippen molar-refractivity contribution in [2.75, 3.05) is 14.2 Å². The Hall–Kier alpha value is -2.98. The lowest BCUT2D eigenvalue weighted by atomic mass is 10.3. The third-order valence-corrected chi connectivity index (χ3v) is 3.06. The highest BCUT2D eigenvalue weighted by Crippen LogP contribution is 2.27. The van der Waals surface area contributed by atoms with Crippen LogP contribution in [-0.4, -0.2) is 44.1 Å². The van der Waals surface area contributed by atoms with Crippen molar-refractivity contribution < 1.29 is 18.9 Å². The van der Waals surface area contributed by atoms with Crippen molar-refractivity contribution in [2.24, 2.45) is 0 Å². The summed E-state index contributed by atoms with van der Waals surface area (Å²) in [5.74, 6) is 0.748. The standard InChI is InChI=1S/C14H10Cl2N6O4/c1-23-11-17-9(15)19-13(21-11)25-7-4-3-5-8(6-7)26-14-20-10(16)18-12(22-14)24-2/h3-6H,1-2H3. The lowest BCUT2D eigenvalue weighted by Gasteiger charge is -2.08. The maximum Gasteiger partial charge on any atom is 0.329 e. The fourth-order valence-corrected chi connectivity index (χ4v) is 2.00. The summed E-state index contributed by atoms with van der Waals surface area (Å²) in [6.45, 7) is 0. The Kier molecular flexibility index (Phi) is 5.44. The van der Waals surface area contributed by atoms with Crippen LogP contribution in [-0.2, 0) is 0 Å². The van der Waals surface area contributed by atoms with E-state index in [1.807, 2.05) is 0 Å². The molecule has 0 N–H and O–H groups in total. The molecule has 0 fully saturated rings. The second kappa shape index (κ2) is 7.93. The molecule has 134 valence electrons. The van der Waals surface area contributed by atoms with Crippen molar-refractivity contribution in [2.45, 2.75) is 0 Å². The molecule has 0 saturated heterocycles. The van der Waals surface area contributed by atoms with E-state index >= 15 is 0 Å². The number of benzene rings is 1. The van der Waals surface area contributed by atoms with Crippen molar-refractivity contribution >= 4 is 23.2 Å². The van der Waals surface area contributed by atoms with Crippen LogP contribution in [0.3, 0.4) is 0 Å². The summed E-state index contributed by atoms with van der Waals surface area (Å²) in [4.78, 5) is 23.1. The molecule has 0 aliphatic rings. The van der Waals surface area contributed by atoms with Crippen molar-refractivity contribution in [3.63, 3.8) is 0 Å². The molecule has 10 nitrogen and oxygen atoms in total. The van der Waals surface area contributed by atoms with Gasteiger partial charge in [-0.2, -0.15) is 19.9 Å². The van der Waals surface area contributed by atoms with Crippen molar-refractivity contribution in [1.82, 2.24) is 29.9 Å². The van der Waals surface area contributed by atoms with Crippen molar-refractivity contribution in [1.29, 1.82) is 0 Å². The molecule has 3 rings (SSSR count). The third kappa shape index (κ3) is 4.55. The molecule has 2 heterocycles. The van der Waals surface area contributed by atoms with Gasteiger partial charge in [-0.05, 0) is 35.3 Å². The lowest BCUT2D eigenvalue weighted by molar-refractivity contribution is 0.355. The predicted octanol–water partition coefficient (Wildman–Crippen LogP) is 2.97. The highest BCUT2D eigenvalue weighted by molar-refractivity contribution is 6.28. The maximum absolute atomic E-state index is 5.78. The zero-order valence-corrected chi connectivity index (χ0v) is 14.9. The normalized spacial score (nSPS) is 10.3. The smallest absolute Gasteiger partial charge is 0.329 e. The number of ether oxygens (including phenoxy) is 4. The van der Waals surface area contributed by atoms with Crippen molar-refractivity contribution in [3.8, 4) is 35.5 Å². The van der Waals surface area contributed by atoms with Crippen LogP contribution in [0.4, 0.5) is 0 Å². The van der Waals surface area contributed by atoms with Gasteiger partial charge in [0.2, 0.25) is 10.6 Å². The maximum atomic E-state index is 5.78. The van der Waals surface area contributed by atoms with E-state index in [-0.39, 0.29) is 34.6 Å². The highest BCUT2D eigenvalue weighted by atomic mass is 35.5. The third-order valence-electron chi connectivity index (χ3n) is 2.72. The number of aromatic nitrogens is 6. The van der Waals surface area contributed by atoms with E-state index in [1.54, 1.807) is 24.3 Å². The molecule has 0 atom stereocenters. The first kappa shape index (κ1) is 17.8. The molecule has 0 saturated carbocycles. The van der Waals surface area contributed by atoms with E-state index in [9.17, 15) is 0 Å². The largest absolute Gasteiger partial charge is 0.467 e. The number of halogens is 2. The van der Waals surface area contributed by atoms with Gasteiger partial charge < -0.3 is 18.9 Å². The van der Waals surface area contributed by atoms with Crippen LogP contribution in [0.15, 0.2) is 24.3 Å². The molecule has 0 aliphatic heterocycles. The lowest BCUT2D eigenvalue weighted by Crippen LogP contribution is -1.99. The number of hydrogen-bond donors (Lipinski definition) is 0. The Balaban J connectivity index is 1.80. The SMILES string of the molecule is COc1nc(Cl)nc(Oc2cccc(Oc3nc(Cl)nc(OC)n3)c2)n1. The van der Waals surface area contributed by atoms with Gasteiger partial charge in [-0.1, -0.05) is 6.07 Å². The Morgan fingerprint density at radius 1 is 0.654 bits per heavy atom. The number of methoxy groups -OCH3 is 2. The van der Waals surface area contributed by atoms with Gasteiger partial charge in [0, 0.05) is 6.07 Å². The van der Waals surface area contributed by atoms with E-state index < -0.39 is 0 Å². The zero-order chi connectivity index (χ0) is 18.5. The predicted molar refractivity (Wildman–Crippen MR) is 89.4 cm³/mol. The second-order valence-corrected chi connectivity index (χ2v) is 5.10. The summed E-state index contributed by atoms with van der Waals surface area (Å²) >= 11 is 11.6. The van der Waals surface area contributed by atoms with Crippen LogP contribution in [0.25, 0.3) is 0 Å². The Labute approximate surface area is 157 Å². The minimum atomic E-state index is -0.0637. The monoisotopic (exact) mass is 396 g/mol. The Morgan fingerprint density at radius 2 is 1.08 bits per heavy atom. The average molecular weight is 397 g/mol. The van der Waals surface area contributed by atoms with E-state index in [0.717, 1.165) is 0 Å². The van der Waals surface area contributed by atoms with Gasteiger partial charge in [0.15, 0.2) is 0 Å². The second-order valence-electron chi connectivity index (χ2n) is 4.43. The van der Waals surface area contributed by atoms with Crippen LogP contribution in [0.1, 0.15) is 0 Å². The van der Waals surface area contributed by atoms with Crippen LogP contribution < -0.4 is 18.9 Å². The van der Waals surface area contributed by atoms with Crippen LogP contribution >= 0.6 is 23.2 Å². The molecule has 1 aromatic carbocycles. The zero-order valence-electron chi connectivity index (χ0n) is 13.4. The van der Waals surface area contributed by atoms with Gasteiger partial charge in [0.25, 0.3) is 0 Å². The molecule has 0 radical (unpaired) electrons. The fraction of sp³-hybridized carbons (Fsp3) is 0.143. The first-order chi connectivity index (χ1) is 12.6. The molecule has 2 aromatic heterocycles. The highest BCUT2D eigenvalue weighted by Gasteiger charge is 2.10. The Bertz CT molecular complexity index is 859. The van der Waals surface area contributed by atoms with E-state index in [0.29, 0.717) is 11.5 Å². The van der Waals surface area contributed by atoms with Gasteiger partial charge in [-0.25, -0.2) is 0 Å². The average Bonchev–Trinajstić information content (AvgIpc) is 2.61. The van der Waals surface area contributed by atoms with Crippen molar-refractivity contribution in [3.05, 3.63) is 34.8 Å². The molecule has 0 spiro atoms. The van der Waals surface area contributed by atoms with Gasteiger partial charge in [0.05, 0.1) is 14.2 Å². The fourth-order valence-electron chi connectivity index (χ4n) is 1.72. The molecule has 12 heteroatoms. The van der Waals surface area contributed by atoms with Crippen LogP contribution in [0.5, 0.6) is 35.5 Å². The van der Waals surface area contributed by atoms with E-state index in [4.69, 9.17) is 42.1 Å². The summed E-state index contributed by atoms with van der Waals surface area (Å²) in [7, 11) is 2.80. The summed E-state index contributed by atoms with van der Waals surface area (Å²) < 4.78 is 20.9. The summed E-state index contributed by atoms with van der Waals surface area (Å²) in [5, 5.41) is -0.127. The number of rotatable bonds is 6. The summed E-state index contributed by atoms with van der Waals surface area (Å²) in [6.07, 6.45) is 0. The van der Waals surface area contributed by atoms with E-state index in [2.05, 4.69) is 29.9 Å². The summed E-state index contributed by atoms with van der Waals surface area (Å²) in [6, 6.07) is 6.56. The van der Waals surface area contributed by atoms with Gasteiger partial charge in [-0.3, -0.25) is 0 Å². The first-order valence-corrected chi connectivity index (χ1v) is 7.68. The molecule has 0 amide bonds. The van der Waals surface area contributed by atoms with Crippen LogP contribution in [0.2, 0.25) is 10.6 Å². The van der Waals surface area contributed by atoms with Gasteiger partial charge in [0.1, 0.15) is 11.5 Å². The quantitative estimate of drug-likeness (QED) is 0.615. The van der Waals surface area contributed by atoms with Crippen LogP contribution in [0, 0.1) is 0 Å².